The lowest BCUT2D eigenvalue weighted by Crippen LogP contribution is -2.37. The Morgan fingerprint density at radius 2 is 2.14 bits per heavy atom. The van der Waals surface area contributed by atoms with Gasteiger partial charge in [-0.15, -0.1) is 0 Å². The fraction of sp³-hybridized carbons (Fsp3) is 0.500. The number of nitrogens with zero attached hydrogens (tertiary/aromatic N) is 1. The van der Waals surface area contributed by atoms with Crippen LogP contribution in [0.5, 0.6) is 0 Å². The highest BCUT2D eigenvalue weighted by Gasteiger charge is 2.33. The SMILES string of the molecule is NC1CC2CCCN2c2ccccc21. The Balaban J connectivity index is 2.09. The molecule has 1 saturated heterocycles. The van der Waals surface area contributed by atoms with Crippen LogP contribution >= 0.6 is 0 Å². The molecule has 2 atom stereocenters. The zero-order chi connectivity index (χ0) is 9.54. The van der Waals surface area contributed by atoms with E-state index in [0.29, 0.717) is 6.04 Å². The van der Waals surface area contributed by atoms with E-state index < -0.39 is 0 Å². The fourth-order valence-corrected chi connectivity index (χ4v) is 2.88. The molecule has 2 heterocycles. The van der Waals surface area contributed by atoms with Gasteiger partial charge in [0.1, 0.15) is 0 Å². The normalized spacial score (nSPS) is 29.9. The van der Waals surface area contributed by atoms with E-state index in [1.165, 1.54) is 30.6 Å². The molecule has 0 radical (unpaired) electrons. The third kappa shape index (κ3) is 1.07. The first kappa shape index (κ1) is 8.30. The minimum Gasteiger partial charge on any atom is -0.368 e. The van der Waals surface area contributed by atoms with Crippen LogP contribution in [0, 0.1) is 0 Å². The molecular weight excluding hydrogens is 172 g/mol. The van der Waals surface area contributed by atoms with Crippen LogP contribution in [-0.4, -0.2) is 12.6 Å². The van der Waals surface area contributed by atoms with Gasteiger partial charge in [-0.1, -0.05) is 18.2 Å². The lowest BCUT2D eigenvalue weighted by Gasteiger charge is -2.36. The summed E-state index contributed by atoms with van der Waals surface area (Å²) in [5.74, 6) is 0. The van der Waals surface area contributed by atoms with E-state index >= 15 is 0 Å². The van der Waals surface area contributed by atoms with E-state index in [1.807, 2.05) is 0 Å². The van der Waals surface area contributed by atoms with Gasteiger partial charge in [-0.2, -0.15) is 0 Å². The van der Waals surface area contributed by atoms with E-state index in [9.17, 15) is 0 Å². The Labute approximate surface area is 84.7 Å². The predicted octanol–water partition coefficient (Wildman–Crippen LogP) is 2.06. The van der Waals surface area contributed by atoms with Gasteiger partial charge < -0.3 is 10.6 Å². The second-order valence-corrected chi connectivity index (χ2v) is 4.39. The highest BCUT2D eigenvalue weighted by atomic mass is 15.2. The molecule has 0 bridgehead atoms. The number of anilines is 1. The maximum atomic E-state index is 6.18. The number of hydrogen-bond donors (Lipinski definition) is 1. The quantitative estimate of drug-likeness (QED) is 0.675. The van der Waals surface area contributed by atoms with Crippen molar-refractivity contribution in [2.24, 2.45) is 5.73 Å². The minimum atomic E-state index is 0.255. The van der Waals surface area contributed by atoms with Crippen molar-refractivity contribution in [3.8, 4) is 0 Å². The second kappa shape index (κ2) is 2.99. The van der Waals surface area contributed by atoms with Crippen LogP contribution in [0.4, 0.5) is 5.69 Å². The van der Waals surface area contributed by atoms with E-state index in [1.54, 1.807) is 0 Å². The van der Waals surface area contributed by atoms with Crippen molar-refractivity contribution >= 4 is 5.69 Å². The number of benzene rings is 1. The number of nitrogens with two attached hydrogens (primary N) is 1. The third-order valence-corrected chi connectivity index (χ3v) is 3.55. The van der Waals surface area contributed by atoms with Gasteiger partial charge in [0.05, 0.1) is 0 Å². The summed E-state index contributed by atoms with van der Waals surface area (Å²) >= 11 is 0. The van der Waals surface area contributed by atoms with Crippen molar-refractivity contribution in [1.29, 1.82) is 0 Å². The summed E-state index contributed by atoms with van der Waals surface area (Å²) in [5, 5.41) is 0. The molecule has 74 valence electrons. The maximum Gasteiger partial charge on any atom is 0.0417 e. The molecule has 1 fully saturated rings. The first-order valence-corrected chi connectivity index (χ1v) is 5.47. The largest absolute Gasteiger partial charge is 0.368 e. The van der Waals surface area contributed by atoms with Gasteiger partial charge >= 0.3 is 0 Å². The molecule has 2 aliphatic heterocycles. The number of hydrogen-bond acceptors (Lipinski definition) is 2. The number of para-hydroxylation sites is 1. The molecule has 0 amide bonds. The van der Waals surface area contributed by atoms with Gasteiger partial charge in [-0.05, 0) is 30.9 Å². The van der Waals surface area contributed by atoms with E-state index in [0.717, 1.165) is 6.42 Å². The standard InChI is InChI=1S/C12H16N2/c13-11-8-9-4-3-7-14(9)12-6-2-1-5-10(11)12/h1-2,5-6,9,11H,3-4,7-8,13H2. The summed E-state index contributed by atoms with van der Waals surface area (Å²) in [6, 6.07) is 9.56. The molecule has 2 unspecified atom stereocenters. The molecule has 14 heavy (non-hydrogen) atoms. The first-order valence-electron chi connectivity index (χ1n) is 5.47. The summed E-state index contributed by atoms with van der Waals surface area (Å²) in [6.45, 7) is 1.22. The Morgan fingerprint density at radius 3 is 3.07 bits per heavy atom. The number of rotatable bonds is 0. The summed E-state index contributed by atoms with van der Waals surface area (Å²) in [6.07, 6.45) is 3.78. The van der Waals surface area contributed by atoms with Crippen molar-refractivity contribution in [3.05, 3.63) is 29.8 Å². The Hall–Kier alpha value is -1.02. The van der Waals surface area contributed by atoms with E-state index in [-0.39, 0.29) is 6.04 Å². The van der Waals surface area contributed by atoms with Crippen LogP contribution in [0.3, 0.4) is 0 Å². The first-order chi connectivity index (χ1) is 6.86. The van der Waals surface area contributed by atoms with E-state index in [2.05, 4.69) is 29.2 Å². The van der Waals surface area contributed by atoms with Crippen LogP contribution in [-0.2, 0) is 0 Å². The molecule has 1 aromatic rings. The molecule has 2 heteroatoms. The Bertz CT molecular complexity index is 348. The van der Waals surface area contributed by atoms with Crippen LogP contribution in [0.15, 0.2) is 24.3 Å². The van der Waals surface area contributed by atoms with Gasteiger partial charge in [0.15, 0.2) is 0 Å². The minimum absolute atomic E-state index is 0.255. The van der Waals surface area contributed by atoms with Crippen LogP contribution < -0.4 is 10.6 Å². The molecule has 0 spiro atoms. The Kier molecular flexibility index (Phi) is 1.77. The Morgan fingerprint density at radius 1 is 1.29 bits per heavy atom. The van der Waals surface area contributed by atoms with Crippen molar-refractivity contribution in [2.45, 2.75) is 31.3 Å². The lowest BCUT2D eigenvalue weighted by molar-refractivity contribution is 0.510. The summed E-state index contributed by atoms with van der Waals surface area (Å²) in [7, 11) is 0. The molecule has 1 aromatic carbocycles. The molecular formula is C12H16N2. The van der Waals surface area contributed by atoms with Gasteiger partial charge in [0, 0.05) is 24.3 Å². The fourth-order valence-electron chi connectivity index (χ4n) is 2.88. The highest BCUT2D eigenvalue weighted by molar-refractivity contribution is 5.58. The summed E-state index contributed by atoms with van der Waals surface area (Å²) in [5.41, 5.74) is 8.90. The maximum absolute atomic E-state index is 6.18. The average Bonchev–Trinajstić information content (AvgIpc) is 2.66. The molecule has 0 aromatic heterocycles. The van der Waals surface area contributed by atoms with Crippen LogP contribution in [0.25, 0.3) is 0 Å². The van der Waals surface area contributed by atoms with Gasteiger partial charge in [-0.3, -0.25) is 0 Å². The summed E-state index contributed by atoms with van der Waals surface area (Å²) < 4.78 is 0. The molecule has 2 N–H and O–H groups in total. The molecule has 2 aliphatic rings. The van der Waals surface area contributed by atoms with Crippen molar-refractivity contribution in [2.75, 3.05) is 11.4 Å². The van der Waals surface area contributed by atoms with Gasteiger partial charge in [0.2, 0.25) is 0 Å². The zero-order valence-electron chi connectivity index (χ0n) is 8.32. The molecule has 3 rings (SSSR count). The second-order valence-electron chi connectivity index (χ2n) is 4.39. The third-order valence-electron chi connectivity index (χ3n) is 3.55. The predicted molar refractivity (Wildman–Crippen MR) is 58.4 cm³/mol. The smallest absolute Gasteiger partial charge is 0.0417 e. The van der Waals surface area contributed by atoms with Crippen LogP contribution in [0.2, 0.25) is 0 Å². The monoisotopic (exact) mass is 188 g/mol. The zero-order valence-corrected chi connectivity index (χ0v) is 8.32. The molecule has 0 aliphatic carbocycles. The highest BCUT2D eigenvalue weighted by Crippen LogP contribution is 2.39. The average molecular weight is 188 g/mol. The van der Waals surface area contributed by atoms with Gasteiger partial charge in [-0.25, -0.2) is 0 Å². The molecule has 0 saturated carbocycles. The van der Waals surface area contributed by atoms with Crippen molar-refractivity contribution < 1.29 is 0 Å². The van der Waals surface area contributed by atoms with Crippen molar-refractivity contribution in [1.82, 2.24) is 0 Å². The lowest BCUT2D eigenvalue weighted by atomic mass is 9.92. The van der Waals surface area contributed by atoms with Crippen molar-refractivity contribution in [3.63, 3.8) is 0 Å². The topological polar surface area (TPSA) is 29.3 Å². The number of fused-ring (bicyclic) bond motifs is 3. The van der Waals surface area contributed by atoms with Gasteiger partial charge in [0.25, 0.3) is 0 Å². The van der Waals surface area contributed by atoms with Crippen LogP contribution in [0.1, 0.15) is 30.9 Å². The summed E-state index contributed by atoms with van der Waals surface area (Å²) in [4.78, 5) is 2.54. The molecule has 2 nitrogen and oxygen atoms in total. The van der Waals surface area contributed by atoms with E-state index in [4.69, 9.17) is 5.73 Å².